The Kier molecular flexibility index (Phi) is 5.29. The molecule has 0 saturated carbocycles. The average Bonchev–Trinajstić information content (AvgIpc) is 2.45. The first-order valence-electron chi connectivity index (χ1n) is 6.86. The quantitative estimate of drug-likeness (QED) is 0.901. The van der Waals surface area contributed by atoms with Gasteiger partial charge in [-0.3, -0.25) is 0 Å². The number of rotatable bonds is 5. The molecular formula is C13H21N3O2S2. The molecule has 0 aromatic carbocycles. The SMILES string of the molecule is CCCNc1ncccc1S(=O)(=O)N1CCSC(C)C1. The average molecular weight is 315 g/mol. The predicted molar refractivity (Wildman–Crippen MR) is 83.7 cm³/mol. The molecule has 5 nitrogen and oxygen atoms in total. The van der Waals surface area contributed by atoms with Gasteiger partial charge in [0.05, 0.1) is 0 Å². The molecule has 112 valence electrons. The molecule has 1 fully saturated rings. The van der Waals surface area contributed by atoms with Gasteiger partial charge in [-0.15, -0.1) is 0 Å². The van der Waals surface area contributed by atoms with Crippen molar-refractivity contribution in [2.24, 2.45) is 0 Å². The lowest BCUT2D eigenvalue weighted by atomic mass is 10.4. The fourth-order valence-electron chi connectivity index (χ4n) is 2.12. The summed E-state index contributed by atoms with van der Waals surface area (Å²) in [5, 5.41) is 3.43. The third kappa shape index (κ3) is 3.45. The van der Waals surface area contributed by atoms with E-state index in [0.29, 0.717) is 30.7 Å². The van der Waals surface area contributed by atoms with Gasteiger partial charge >= 0.3 is 0 Å². The van der Waals surface area contributed by atoms with E-state index in [4.69, 9.17) is 0 Å². The molecule has 1 aliphatic heterocycles. The second-order valence-corrected chi connectivity index (χ2v) is 8.27. The van der Waals surface area contributed by atoms with E-state index in [1.807, 2.05) is 18.7 Å². The Bertz CT molecular complexity index is 548. The van der Waals surface area contributed by atoms with Crippen LogP contribution in [0, 0.1) is 0 Å². The zero-order valence-corrected chi connectivity index (χ0v) is 13.5. The van der Waals surface area contributed by atoms with Crippen molar-refractivity contribution in [3.8, 4) is 0 Å². The maximum absolute atomic E-state index is 12.8. The van der Waals surface area contributed by atoms with Crippen LogP contribution < -0.4 is 5.32 Å². The van der Waals surface area contributed by atoms with Crippen LogP contribution in [0.3, 0.4) is 0 Å². The van der Waals surface area contributed by atoms with Gasteiger partial charge in [0.25, 0.3) is 0 Å². The Morgan fingerprint density at radius 3 is 3.05 bits per heavy atom. The molecule has 0 spiro atoms. The summed E-state index contributed by atoms with van der Waals surface area (Å²) in [6.07, 6.45) is 2.54. The number of sulfonamides is 1. The van der Waals surface area contributed by atoms with Crippen LogP contribution in [-0.4, -0.2) is 48.3 Å². The highest BCUT2D eigenvalue weighted by atomic mass is 32.2. The number of aromatic nitrogens is 1. The summed E-state index contributed by atoms with van der Waals surface area (Å²) in [4.78, 5) is 4.46. The monoisotopic (exact) mass is 315 g/mol. The minimum absolute atomic E-state index is 0.285. The van der Waals surface area contributed by atoms with Crippen molar-refractivity contribution in [3.05, 3.63) is 18.3 Å². The molecule has 1 aromatic heterocycles. The molecule has 1 aliphatic rings. The van der Waals surface area contributed by atoms with Crippen LogP contribution in [-0.2, 0) is 10.0 Å². The molecule has 0 bridgehead atoms. The molecule has 2 rings (SSSR count). The number of anilines is 1. The van der Waals surface area contributed by atoms with Gasteiger partial charge < -0.3 is 5.32 Å². The highest BCUT2D eigenvalue weighted by Gasteiger charge is 2.31. The lowest BCUT2D eigenvalue weighted by Crippen LogP contribution is -2.41. The largest absolute Gasteiger partial charge is 0.369 e. The first-order valence-corrected chi connectivity index (χ1v) is 9.35. The minimum atomic E-state index is -3.46. The number of nitrogens with one attached hydrogen (secondary N) is 1. The summed E-state index contributed by atoms with van der Waals surface area (Å²) in [7, 11) is -3.46. The van der Waals surface area contributed by atoms with Gasteiger partial charge in [0.1, 0.15) is 10.7 Å². The lowest BCUT2D eigenvalue weighted by Gasteiger charge is -2.30. The van der Waals surface area contributed by atoms with Gasteiger partial charge in [-0.1, -0.05) is 13.8 Å². The van der Waals surface area contributed by atoms with Gasteiger partial charge in [-0.05, 0) is 18.6 Å². The second kappa shape index (κ2) is 6.78. The van der Waals surface area contributed by atoms with E-state index >= 15 is 0 Å². The number of thioether (sulfide) groups is 1. The van der Waals surface area contributed by atoms with Crippen LogP contribution in [0.2, 0.25) is 0 Å². The molecule has 1 saturated heterocycles. The normalized spacial score (nSPS) is 20.8. The number of hydrogen-bond acceptors (Lipinski definition) is 5. The Balaban J connectivity index is 2.29. The van der Waals surface area contributed by atoms with E-state index in [0.717, 1.165) is 12.2 Å². The third-order valence-corrected chi connectivity index (χ3v) is 6.17. The van der Waals surface area contributed by atoms with Gasteiger partial charge in [0, 0.05) is 36.8 Å². The highest BCUT2D eigenvalue weighted by Crippen LogP contribution is 2.27. The maximum atomic E-state index is 12.8. The molecule has 0 aliphatic carbocycles. The summed E-state index contributed by atoms with van der Waals surface area (Å²) >= 11 is 1.81. The Hall–Kier alpha value is -0.790. The van der Waals surface area contributed by atoms with Crippen molar-refractivity contribution in [1.82, 2.24) is 9.29 Å². The van der Waals surface area contributed by atoms with Crippen molar-refractivity contribution in [2.45, 2.75) is 30.4 Å². The van der Waals surface area contributed by atoms with Crippen LogP contribution in [0.25, 0.3) is 0 Å². The second-order valence-electron chi connectivity index (χ2n) is 4.82. The van der Waals surface area contributed by atoms with Crippen molar-refractivity contribution < 1.29 is 8.42 Å². The van der Waals surface area contributed by atoms with Crippen molar-refractivity contribution in [1.29, 1.82) is 0 Å². The molecular weight excluding hydrogens is 294 g/mol. The molecule has 0 radical (unpaired) electrons. The van der Waals surface area contributed by atoms with E-state index in [1.165, 1.54) is 0 Å². The van der Waals surface area contributed by atoms with Crippen molar-refractivity contribution in [3.63, 3.8) is 0 Å². The van der Waals surface area contributed by atoms with Gasteiger partial charge in [-0.25, -0.2) is 13.4 Å². The van der Waals surface area contributed by atoms with Crippen molar-refractivity contribution >= 4 is 27.6 Å². The number of nitrogens with zero attached hydrogens (tertiary/aromatic N) is 2. The summed E-state index contributed by atoms with van der Waals surface area (Å²) < 4.78 is 27.1. The molecule has 7 heteroatoms. The summed E-state index contributed by atoms with van der Waals surface area (Å²) in [6.45, 7) is 5.94. The molecule has 1 unspecified atom stereocenters. The molecule has 1 N–H and O–H groups in total. The lowest BCUT2D eigenvalue weighted by molar-refractivity contribution is 0.424. The van der Waals surface area contributed by atoms with Crippen LogP contribution in [0.4, 0.5) is 5.82 Å². The van der Waals surface area contributed by atoms with E-state index < -0.39 is 10.0 Å². The minimum Gasteiger partial charge on any atom is -0.369 e. The molecule has 2 heterocycles. The summed E-state index contributed by atoms with van der Waals surface area (Å²) in [5.41, 5.74) is 0. The molecule has 1 atom stereocenters. The van der Waals surface area contributed by atoms with E-state index in [9.17, 15) is 8.42 Å². The fraction of sp³-hybridized carbons (Fsp3) is 0.615. The van der Waals surface area contributed by atoms with E-state index in [1.54, 1.807) is 22.6 Å². The highest BCUT2D eigenvalue weighted by molar-refractivity contribution is 8.00. The smallest absolute Gasteiger partial charge is 0.246 e. The first-order chi connectivity index (χ1) is 9.55. The van der Waals surface area contributed by atoms with Crippen LogP contribution in [0.15, 0.2) is 23.2 Å². The van der Waals surface area contributed by atoms with Crippen molar-refractivity contribution in [2.75, 3.05) is 30.7 Å². The topological polar surface area (TPSA) is 62.3 Å². The number of hydrogen-bond donors (Lipinski definition) is 1. The first kappa shape index (κ1) is 15.6. The Labute approximate surface area is 125 Å². The van der Waals surface area contributed by atoms with E-state index in [2.05, 4.69) is 17.2 Å². The molecule has 20 heavy (non-hydrogen) atoms. The van der Waals surface area contributed by atoms with Crippen LogP contribution >= 0.6 is 11.8 Å². The van der Waals surface area contributed by atoms with Crippen LogP contribution in [0.5, 0.6) is 0 Å². The van der Waals surface area contributed by atoms with Gasteiger partial charge in [0.2, 0.25) is 10.0 Å². The van der Waals surface area contributed by atoms with E-state index in [-0.39, 0.29) is 4.90 Å². The molecule has 1 aromatic rings. The predicted octanol–water partition coefficient (Wildman–Crippen LogP) is 2.03. The third-order valence-electron chi connectivity index (χ3n) is 3.13. The zero-order chi connectivity index (χ0) is 14.6. The van der Waals surface area contributed by atoms with Gasteiger partial charge in [0.15, 0.2) is 0 Å². The summed E-state index contributed by atoms with van der Waals surface area (Å²) in [6, 6.07) is 3.30. The zero-order valence-electron chi connectivity index (χ0n) is 11.9. The Morgan fingerprint density at radius 1 is 1.55 bits per heavy atom. The fourth-order valence-corrected chi connectivity index (χ4v) is 4.99. The number of pyridine rings is 1. The standard InChI is InChI=1S/C13H21N3O2S2/c1-3-6-14-13-12(5-4-7-15-13)20(17,18)16-8-9-19-11(2)10-16/h4-5,7,11H,3,6,8-10H2,1-2H3,(H,14,15). The molecule has 0 amide bonds. The van der Waals surface area contributed by atoms with Gasteiger partial charge in [-0.2, -0.15) is 16.1 Å². The maximum Gasteiger partial charge on any atom is 0.246 e. The summed E-state index contributed by atoms with van der Waals surface area (Å²) in [5.74, 6) is 1.30. The van der Waals surface area contributed by atoms with Crippen LogP contribution in [0.1, 0.15) is 20.3 Å². The Morgan fingerprint density at radius 2 is 2.35 bits per heavy atom.